The SMILES string of the molecule is CCCc1nc(C)[nH]c(=O)c1Br. The van der Waals surface area contributed by atoms with Crippen molar-refractivity contribution in [2.75, 3.05) is 0 Å². The standard InChI is InChI=1S/C8H11BrN2O/c1-3-4-6-7(9)8(12)11-5(2)10-6/h3-4H2,1-2H3,(H,10,11,12). The summed E-state index contributed by atoms with van der Waals surface area (Å²) < 4.78 is 0.565. The molecule has 0 bridgehead atoms. The second-order valence-corrected chi connectivity index (χ2v) is 3.46. The predicted octanol–water partition coefficient (Wildman–Crippen LogP) is 1.79. The molecular formula is C8H11BrN2O. The largest absolute Gasteiger partial charge is 0.310 e. The first kappa shape index (κ1) is 9.45. The number of hydrogen-bond acceptors (Lipinski definition) is 2. The number of nitrogens with zero attached hydrogens (tertiary/aromatic N) is 1. The fourth-order valence-corrected chi connectivity index (χ4v) is 1.42. The molecule has 1 aromatic rings. The summed E-state index contributed by atoms with van der Waals surface area (Å²) in [6.45, 7) is 3.84. The summed E-state index contributed by atoms with van der Waals surface area (Å²) in [5.74, 6) is 0.673. The highest BCUT2D eigenvalue weighted by atomic mass is 79.9. The Morgan fingerprint density at radius 1 is 1.58 bits per heavy atom. The van der Waals surface area contributed by atoms with E-state index in [4.69, 9.17) is 0 Å². The van der Waals surface area contributed by atoms with E-state index < -0.39 is 0 Å². The summed E-state index contributed by atoms with van der Waals surface area (Å²) >= 11 is 3.21. The Labute approximate surface area is 79.4 Å². The molecule has 1 aromatic heterocycles. The van der Waals surface area contributed by atoms with Crippen LogP contribution in [0.1, 0.15) is 24.9 Å². The number of aromatic amines is 1. The summed E-state index contributed by atoms with van der Waals surface area (Å²) in [6.07, 6.45) is 1.83. The molecule has 0 unspecified atom stereocenters. The van der Waals surface area contributed by atoms with Crippen molar-refractivity contribution in [2.45, 2.75) is 26.7 Å². The lowest BCUT2D eigenvalue weighted by molar-refractivity contribution is 0.839. The maximum absolute atomic E-state index is 11.2. The Balaban J connectivity index is 3.18. The smallest absolute Gasteiger partial charge is 0.265 e. The minimum Gasteiger partial charge on any atom is -0.310 e. The number of halogens is 1. The molecule has 0 fully saturated rings. The first-order valence-electron chi connectivity index (χ1n) is 3.90. The van der Waals surface area contributed by atoms with Gasteiger partial charge >= 0.3 is 0 Å². The average Bonchev–Trinajstić information content (AvgIpc) is 2.00. The molecular weight excluding hydrogens is 220 g/mol. The molecule has 0 aliphatic heterocycles. The van der Waals surface area contributed by atoms with E-state index >= 15 is 0 Å². The zero-order valence-electron chi connectivity index (χ0n) is 7.15. The Bertz CT molecular complexity index is 332. The number of hydrogen-bond donors (Lipinski definition) is 1. The van der Waals surface area contributed by atoms with Crippen molar-refractivity contribution in [2.24, 2.45) is 0 Å². The lowest BCUT2D eigenvalue weighted by atomic mass is 10.2. The summed E-state index contributed by atoms with van der Waals surface area (Å²) in [5.41, 5.74) is 0.754. The van der Waals surface area contributed by atoms with Crippen LogP contribution in [0, 0.1) is 6.92 Å². The maximum Gasteiger partial charge on any atom is 0.265 e. The van der Waals surface area contributed by atoms with Crippen LogP contribution in [0.5, 0.6) is 0 Å². The zero-order valence-corrected chi connectivity index (χ0v) is 8.73. The molecule has 1 N–H and O–H groups in total. The highest BCUT2D eigenvalue weighted by molar-refractivity contribution is 9.10. The van der Waals surface area contributed by atoms with Gasteiger partial charge in [-0.05, 0) is 29.3 Å². The van der Waals surface area contributed by atoms with Crippen LogP contribution >= 0.6 is 15.9 Å². The average molecular weight is 231 g/mol. The van der Waals surface area contributed by atoms with E-state index in [-0.39, 0.29) is 5.56 Å². The summed E-state index contributed by atoms with van der Waals surface area (Å²) in [7, 11) is 0. The van der Waals surface area contributed by atoms with Gasteiger partial charge in [-0.2, -0.15) is 0 Å². The Morgan fingerprint density at radius 2 is 2.25 bits per heavy atom. The molecule has 1 heterocycles. The fourth-order valence-electron chi connectivity index (χ4n) is 1.03. The van der Waals surface area contributed by atoms with Crippen LogP contribution < -0.4 is 5.56 Å². The van der Waals surface area contributed by atoms with Crippen molar-refractivity contribution in [3.63, 3.8) is 0 Å². The molecule has 0 spiro atoms. The first-order valence-corrected chi connectivity index (χ1v) is 4.69. The van der Waals surface area contributed by atoms with Gasteiger partial charge in [0.25, 0.3) is 5.56 Å². The molecule has 66 valence electrons. The van der Waals surface area contributed by atoms with Crippen molar-refractivity contribution in [3.05, 3.63) is 26.3 Å². The molecule has 0 saturated heterocycles. The molecule has 0 atom stereocenters. The van der Waals surface area contributed by atoms with Crippen LogP contribution in [0.3, 0.4) is 0 Å². The van der Waals surface area contributed by atoms with Crippen LogP contribution in [-0.4, -0.2) is 9.97 Å². The van der Waals surface area contributed by atoms with E-state index in [2.05, 4.69) is 32.8 Å². The van der Waals surface area contributed by atoms with Crippen LogP contribution in [0.25, 0.3) is 0 Å². The summed E-state index contributed by atoms with van der Waals surface area (Å²) in [4.78, 5) is 18.0. The van der Waals surface area contributed by atoms with Gasteiger partial charge in [0.1, 0.15) is 10.3 Å². The van der Waals surface area contributed by atoms with Gasteiger partial charge in [-0.1, -0.05) is 13.3 Å². The first-order chi connectivity index (χ1) is 5.65. The van der Waals surface area contributed by atoms with E-state index in [9.17, 15) is 4.79 Å². The molecule has 3 nitrogen and oxygen atoms in total. The lowest BCUT2D eigenvalue weighted by Gasteiger charge is -2.01. The minimum atomic E-state index is -0.0917. The maximum atomic E-state index is 11.2. The third-order valence-corrected chi connectivity index (χ3v) is 2.35. The molecule has 0 aliphatic rings. The van der Waals surface area contributed by atoms with Gasteiger partial charge in [-0.15, -0.1) is 0 Å². The third kappa shape index (κ3) is 1.94. The molecule has 12 heavy (non-hydrogen) atoms. The second kappa shape index (κ2) is 3.85. The number of aryl methyl sites for hydroxylation is 2. The van der Waals surface area contributed by atoms with Crippen LogP contribution in [-0.2, 0) is 6.42 Å². The quantitative estimate of drug-likeness (QED) is 0.843. The highest BCUT2D eigenvalue weighted by Crippen LogP contribution is 2.10. The molecule has 4 heteroatoms. The normalized spacial score (nSPS) is 10.2. The number of rotatable bonds is 2. The second-order valence-electron chi connectivity index (χ2n) is 2.66. The van der Waals surface area contributed by atoms with E-state index in [1.165, 1.54) is 0 Å². The van der Waals surface area contributed by atoms with Crippen molar-refractivity contribution in [1.29, 1.82) is 0 Å². The third-order valence-electron chi connectivity index (χ3n) is 1.54. The van der Waals surface area contributed by atoms with Crippen LogP contribution in [0.15, 0.2) is 9.27 Å². The molecule has 0 saturated carbocycles. The van der Waals surface area contributed by atoms with Crippen molar-refractivity contribution in [1.82, 2.24) is 9.97 Å². The van der Waals surface area contributed by atoms with E-state index in [0.29, 0.717) is 10.3 Å². The van der Waals surface area contributed by atoms with Gasteiger partial charge < -0.3 is 4.98 Å². The van der Waals surface area contributed by atoms with Gasteiger partial charge in [0.05, 0.1) is 5.69 Å². The molecule has 0 radical (unpaired) electrons. The number of H-pyrrole nitrogens is 1. The van der Waals surface area contributed by atoms with Gasteiger partial charge in [-0.25, -0.2) is 4.98 Å². The van der Waals surface area contributed by atoms with Gasteiger partial charge in [0.15, 0.2) is 0 Å². The van der Waals surface area contributed by atoms with Crippen molar-refractivity contribution in [3.8, 4) is 0 Å². The van der Waals surface area contributed by atoms with Crippen LogP contribution in [0.4, 0.5) is 0 Å². The van der Waals surface area contributed by atoms with Gasteiger partial charge in [-0.3, -0.25) is 4.79 Å². The van der Waals surface area contributed by atoms with Crippen molar-refractivity contribution >= 4 is 15.9 Å². The topological polar surface area (TPSA) is 45.8 Å². The lowest BCUT2D eigenvalue weighted by Crippen LogP contribution is -2.13. The van der Waals surface area contributed by atoms with Crippen molar-refractivity contribution < 1.29 is 0 Å². The minimum absolute atomic E-state index is 0.0917. The Kier molecular flexibility index (Phi) is 3.03. The van der Waals surface area contributed by atoms with E-state index in [1.54, 1.807) is 6.92 Å². The fraction of sp³-hybridized carbons (Fsp3) is 0.500. The summed E-state index contributed by atoms with van der Waals surface area (Å²) in [5, 5.41) is 0. The molecule has 0 aliphatic carbocycles. The van der Waals surface area contributed by atoms with E-state index in [1.807, 2.05) is 0 Å². The molecule has 1 rings (SSSR count). The number of aromatic nitrogens is 2. The number of nitrogens with one attached hydrogen (secondary N) is 1. The van der Waals surface area contributed by atoms with Gasteiger partial charge in [0, 0.05) is 0 Å². The van der Waals surface area contributed by atoms with Gasteiger partial charge in [0.2, 0.25) is 0 Å². The van der Waals surface area contributed by atoms with Crippen LogP contribution in [0.2, 0.25) is 0 Å². The predicted molar refractivity (Wildman–Crippen MR) is 51.3 cm³/mol. The highest BCUT2D eigenvalue weighted by Gasteiger charge is 2.05. The molecule has 0 aromatic carbocycles. The Morgan fingerprint density at radius 3 is 2.83 bits per heavy atom. The zero-order chi connectivity index (χ0) is 9.14. The molecule has 0 amide bonds. The Hall–Kier alpha value is -0.640. The van der Waals surface area contributed by atoms with E-state index in [0.717, 1.165) is 18.5 Å². The monoisotopic (exact) mass is 230 g/mol. The summed E-state index contributed by atoms with van der Waals surface area (Å²) in [6, 6.07) is 0.